The first-order valence-corrected chi connectivity index (χ1v) is 12.1. The van der Waals surface area contributed by atoms with Crippen LogP contribution in [0.1, 0.15) is 45.1 Å². The summed E-state index contributed by atoms with van der Waals surface area (Å²) in [6.07, 6.45) is 3.83. The van der Waals surface area contributed by atoms with E-state index in [0.717, 1.165) is 12.8 Å². The van der Waals surface area contributed by atoms with Crippen LogP contribution in [0.5, 0.6) is 11.6 Å². The van der Waals surface area contributed by atoms with Crippen molar-refractivity contribution in [3.05, 3.63) is 35.9 Å². The minimum absolute atomic E-state index is 0.0403. The zero-order valence-electron chi connectivity index (χ0n) is 20.5. The summed E-state index contributed by atoms with van der Waals surface area (Å²) in [6.45, 7) is 7.92. The Bertz CT molecular complexity index is 1010. The van der Waals surface area contributed by atoms with Crippen molar-refractivity contribution in [3.63, 3.8) is 0 Å². The van der Waals surface area contributed by atoms with Gasteiger partial charge in [0, 0.05) is 44.8 Å². The lowest BCUT2D eigenvalue weighted by atomic mass is 10.1. The summed E-state index contributed by atoms with van der Waals surface area (Å²) in [5, 5.41) is 3.04. The Kier molecular flexibility index (Phi) is 8.22. The van der Waals surface area contributed by atoms with Crippen LogP contribution in [0, 0.1) is 12.7 Å². The highest BCUT2D eigenvalue weighted by Gasteiger charge is 2.26. The largest absolute Gasteiger partial charge is 0.490 e. The number of halogens is 1. The molecule has 4 rings (SSSR count). The Labute approximate surface area is 204 Å². The van der Waals surface area contributed by atoms with E-state index in [0.29, 0.717) is 62.2 Å². The summed E-state index contributed by atoms with van der Waals surface area (Å²) in [7, 11) is 0. The van der Waals surface area contributed by atoms with Crippen LogP contribution in [0.4, 0.5) is 20.7 Å². The van der Waals surface area contributed by atoms with E-state index >= 15 is 0 Å². The lowest BCUT2D eigenvalue weighted by Crippen LogP contribution is -2.42. The number of carbonyl (C=O) groups is 1. The standard InChI is InChI=1S/C25H33FN4O5/c1-16(2)33-25(31)30-10-6-18(7-11-30)35-24-17(3)23(27-15-28-24)29-22-5-4-20(14-21(22)26)34-19-8-12-32-13-9-19/h4-5,14-16,18-19H,6-13H2,1-3H3,(H,27,28,29). The molecule has 190 valence electrons. The first-order chi connectivity index (χ1) is 16.9. The minimum atomic E-state index is -0.435. The molecule has 0 spiro atoms. The quantitative estimate of drug-likeness (QED) is 0.604. The molecule has 1 aromatic carbocycles. The molecule has 2 aliphatic heterocycles. The van der Waals surface area contributed by atoms with Gasteiger partial charge in [0.25, 0.3) is 0 Å². The summed E-state index contributed by atoms with van der Waals surface area (Å²) in [5.41, 5.74) is 0.963. The second kappa shape index (κ2) is 11.5. The Morgan fingerprint density at radius 2 is 1.83 bits per heavy atom. The molecule has 2 aromatic rings. The third kappa shape index (κ3) is 6.72. The van der Waals surface area contributed by atoms with Gasteiger partial charge in [-0.1, -0.05) is 0 Å². The van der Waals surface area contributed by atoms with Crippen LogP contribution >= 0.6 is 0 Å². The normalized spacial score (nSPS) is 17.3. The number of nitrogens with zero attached hydrogens (tertiary/aromatic N) is 3. The fourth-order valence-corrected chi connectivity index (χ4v) is 4.05. The van der Waals surface area contributed by atoms with Crippen molar-refractivity contribution in [1.82, 2.24) is 14.9 Å². The third-order valence-corrected chi connectivity index (χ3v) is 6.02. The van der Waals surface area contributed by atoms with E-state index in [1.807, 2.05) is 20.8 Å². The Morgan fingerprint density at radius 3 is 2.51 bits per heavy atom. The number of likely N-dealkylation sites (tertiary alicyclic amines) is 1. The molecule has 1 aromatic heterocycles. The zero-order valence-corrected chi connectivity index (χ0v) is 20.5. The number of amides is 1. The monoisotopic (exact) mass is 488 g/mol. The van der Waals surface area contributed by atoms with Crippen molar-refractivity contribution in [2.75, 3.05) is 31.6 Å². The number of ether oxygens (including phenoxy) is 4. The molecule has 2 saturated heterocycles. The molecule has 0 unspecified atom stereocenters. The van der Waals surface area contributed by atoms with Crippen LogP contribution in [0.15, 0.2) is 24.5 Å². The SMILES string of the molecule is Cc1c(Nc2ccc(OC3CCOCC3)cc2F)ncnc1OC1CCN(C(=O)OC(C)C)CC1. The van der Waals surface area contributed by atoms with Crippen molar-refractivity contribution in [3.8, 4) is 11.6 Å². The van der Waals surface area contributed by atoms with Crippen LogP contribution < -0.4 is 14.8 Å². The average molecular weight is 489 g/mol. The van der Waals surface area contributed by atoms with Crippen LogP contribution in [-0.4, -0.2) is 65.6 Å². The number of rotatable bonds is 7. The van der Waals surface area contributed by atoms with Gasteiger partial charge in [0.2, 0.25) is 5.88 Å². The van der Waals surface area contributed by atoms with Crippen LogP contribution in [-0.2, 0) is 9.47 Å². The van der Waals surface area contributed by atoms with Crippen LogP contribution in [0.25, 0.3) is 0 Å². The highest BCUT2D eigenvalue weighted by atomic mass is 19.1. The highest BCUT2D eigenvalue weighted by molar-refractivity contribution is 5.68. The molecule has 10 heteroatoms. The molecule has 0 saturated carbocycles. The predicted molar refractivity (Wildman–Crippen MR) is 128 cm³/mol. The number of piperidine rings is 1. The summed E-state index contributed by atoms with van der Waals surface area (Å²) in [4.78, 5) is 22.3. The maximum Gasteiger partial charge on any atom is 0.410 e. The van der Waals surface area contributed by atoms with Gasteiger partial charge in [0.05, 0.1) is 30.6 Å². The fraction of sp³-hybridized carbons (Fsp3) is 0.560. The molecule has 0 atom stereocenters. The third-order valence-electron chi connectivity index (χ3n) is 6.02. The van der Waals surface area contributed by atoms with E-state index in [2.05, 4.69) is 15.3 Å². The molecule has 1 N–H and O–H groups in total. The molecule has 0 aliphatic carbocycles. The van der Waals surface area contributed by atoms with E-state index in [1.165, 1.54) is 12.4 Å². The highest BCUT2D eigenvalue weighted by Crippen LogP contribution is 2.29. The summed E-state index contributed by atoms with van der Waals surface area (Å²) in [6, 6.07) is 4.76. The Morgan fingerprint density at radius 1 is 1.11 bits per heavy atom. The smallest absolute Gasteiger partial charge is 0.410 e. The van der Waals surface area contributed by atoms with Crippen molar-refractivity contribution in [2.24, 2.45) is 0 Å². The molecule has 3 heterocycles. The Balaban J connectivity index is 1.35. The number of nitrogens with one attached hydrogen (secondary N) is 1. The molecule has 2 aliphatic rings. The van der Waals surface area contributed by atoms with Gasteiger partial charge in [-0.2, -0.15) is 0 Å². The van der Waals surface area contributed by atoms with E-state index in [4.69, 9.17) is 18.9 Å². The first-order valence-electron chi connectivity index (χ1n) is 12.1. The van der Waals surface area contributed by atoms with Gasteiger partial charge in [-0.15, -0.1) is 0 Å². The molecule has 2 fully saturated rings. The summed E-state index contributed by atoms with van der Waals surface area (Å²) in [5.74, 6) is 0.957. The van der Waals surface area contributed by atoms with E-state index in [9.17, 15) is 9.18 Å². The molecule has 35 heavy (non-hydrogen) atoms. The number of hydrogen-bond acceptors (Lipinski definition) is 8. The van der Waals surface area contributed by atoms with E-state index in [1.54, 1.807) is 17.0 Å². The van der Waals surface area contributed by atoms with Gasteiger partial charge < -0.3 is 29.2 Å². The number of anilines is 2. The molecule has 1 amide bonds. The average Bonchev–Trinajstić information content (AvgIpc) is 2.84. The second-order valence-electron chi connectivity index (χ2n) is 9.09. The van der Waals surface area contributed by atoms with Gasteiger partial charge in [0.15, 0.2) is 0 Å². The van der Waals surface area contributed by atoms with Gasteiger partial charge in [-0.05, 0) is 32.9 Å². The van der Waals surface area contributed by atoms with Gasteiger partial charge >= 0.3 is 6.09 Å². The topological polar surface area (TPSA) is 95.0 Å². The summed E-state index contributed by atoms with van der Waals surface area (Å²) < 4.78 is 37.4. The van der Waals surface area contributed by atoms with Gasteiger partial charge in [-0.25, -0.2) is 19.2 Å². The zero-order chi connectivity index (χ0) is 24.8. The molecular weight excluding hydrogens is 455 g/mol. The van der Waals surface area contributed by atoms with E-state index < -0.39 is 5.82 Å². The van der Waals surface area contributed by atoms with Crippen LogP contribution in [0.3, 0.4) is 0 Å². The molecular formula is C25H33FN4O5. The van der Waals surface area contributed by atoms with Gasteiger partial charge in [-0.3, -0.25) is 0 Å². The van der Waals surface area contributed by atoms with Crippen molar-refractivity contribution >= 4 is 17.6 Å². The maximum absolute atomic E-state index is 14.8. The predicted octanol–water partition coefficient (Wildman–Crippen LogP) is 4.61. The fourth-order valence-electron chi connectivity index (χ4n) is 4.05. The molecule has 0 radical (unpaired) electrons. The first kappa shape index (κ1) is 25.0. The number of carbonyl (C=O) groups excluding carboxylic acids is 1. The molecule has 9 nitrogen and oxygen atoms in total. The minimum Gasteiger partial charge on any atom is -0.490 e. The number of hydrogen-bond donors (Lipinski definition) is 1. The summed E-state index contributed by atoms with van der Waals surface area (Å²) >= 11 is 0. The Hall–Kier alpha value is -3.14. The lowest BCUT2D eigenvalue weighted by Gasteiger charge is -2.32. The van der Waals surface area contributed by atoms with E-state index in [-0.39, 0.29) is 30.1 Å². The van der Waals surface area contributed by atoms with Crippen molar-refractivity contribution in [2.45, 2.75) is 64.8 Å². The lowest BCUT2D eigenvalue weighted by molar-refractivity contribution is 0.0254. The van der Waals surface area contributed by atoms with Crippen molar-refractivity contribution in [1.29, 1.82) is 0 Å². The number of aromatic nitrogens is 2. The second-order valence-corrected chi connectivity index (χ2v) is 9.09. The maximum atomic E-state index is 14.8. The molecule has 0 bridgehead atoms. The van der Waals surface area contributed by atoms with Gasteiger partial charge in [0.1, 0.15) is 35.9 Å². The van der Waals surface area contributed by atoms with Crippen LogP contribution in [0.2, 0.25) is 0 Å². The number of benzene rings is 1. The van der Waals surface area contributed by atoms with Crippen molar-refractivity contribution < 1.29 is 28.1 Å².